The molecule has 0 heterocycles. The van der Waals surface area contributed by atoms with E-state index in [1.54, 1.807) is 0 Å². The summed E-state index contributed by atoms with van der Waals surface area (Å²) in [5.74, 6) is 3.99. The molecule has 3 fully saturated rings. The number of fused-ring (bicyclic) bond motifs is 5. The van der Waals surface area contributed by atoms with Gasteiger partial charge in [0, 0.05) is 0 Å². The topological polar surface area (TPSA) is 0 Å². The van der Waals surface area contributed by atoms with Crippen LogP contribution in [0, 0.1) is 34.5 Å². The second-order valence-corrected chi connectivity index (χ2v) is 9.00. The summed E-state index contributed by atoms with van der Waals surface area (Å²) in [4.78, 5) is 0. The minimum atomic E-state index is 0.561. The van der Waals surface area contributed by atoms with Gasteiger partial charge in [-0.2, -0.15) is 0 Å². The van der Waals surface area contributed by atoms with E-state index in [1.165, 1.54) is 57.8 Å². The molecule has 0 N–H and O–H groups in total. The maximum Gasteiger partial charge on any atom is -0.00597 e. The van der Waals surface area contributed by atoms with Gasteiger partial charge < -0.3 is 0 Å². The quantitative estimate of drug-likeness (QED) is 0.476. The van der Waals surface area contributed by atoms with E-state index < -0.39 is 0 Å². The van der Waals surface area contributed by atoms with Crippen LogP contribution >= 0.6 is 0 Å². The highest BCUT2D eigenvalue weighted by molar-refractivity contribution is 5.25. The van der Waals surface area contributed by atoms with Crippen LogP contribution in [0.5, 0.6) is 0 Å². The molecular weight excluding hydrogens is 240 g/mol. The van der Waals surface area contributed by atoms with Crippen molar-refractivity contribution in [2.24, 2.45) is 34.5 Å². The molecule has 0 aromatic heterocycles. The number of hydrogen-bond acceptors (Lipinski definition) is 0. The molecule has 0 aromatic rings. The highest BCUT2D eigenvalue weighted by atomic mass is 14.6. The average Bonchev–Trinajstić information content (AvgIpc) is 2.82. The lowest BCUT2D eigenvalue weighted by Gasteiger charge is -2.59. The minimum Gasteiger partial charge on any atom is -0.0845 e. The zero-order valence-electron chi connectivity index (χ0n) is 13.8. The van der Waals surface area contributed by atoms with Gasteiger partial charge in [0.1, 0.15) is 0 Å². The first-order valence-electron chi connectivity index (χ1n) is 9.25. The zero-order valence-corrected chi connectivity index (χ0v) is 13.8. The van der Waals surface area contributed by atoms with Gasteiger partial charge in [-0.1, -0.05) is 38.8 Å². The molecule has 112 valence electrons. The second-order valence-electron chi connectivity index (χ2n) is 9.00. The van der Waals surface area contributed by atoms with Gasteiger partial charge in [-0.15, -0.1) is 0 Å². The van der Waals surface area contributed by atoms with E-state index in [2.05, 4.69) is 26.8 Å². The normalized spacial score (nSPS) is 54.6. The number of rotatable bonds is 0. The van der Waals surface area contributed by atoms with Crippen molar-refractivity contribution in [3.05, 3.63) is 11.6 Å². The van der Waals surface area contributed by atoms with Gasteiger partial charge >= 0.3 is 0 Å². The zero-order chi connectivity index (χ0) is 14.0. The van der Waals surface area contributed by atoms with Crippen LogP contribution < -0.4 is 0 Å². The monoisotopic (exact) mass is 272 g/mol. The number of hydrogen-bond donors (Lipinski definition) is 0. The first kappa shape index (κ1) is 13.4. The van der Waals surface area contributed by atoms with Gasteiger partial charge in [0.15, 0.2) is 0 Å². The first-order valence-corrected chi connectivity index (χ1v) is 9.25. The van der Waals surface area contributed by atoms with Crippen LogP contribution in [-0.4, -0.2) is 0 Å². The molecule has 0 amide bonds. The molecule has 0 heteroatoms. The molecule has 6 atom stereocenters. The van der Waals surface area contributed by atoms with E-state index in [9.17, 15) is 0 Å². The Morgan fingerprint density at radius 2 is 1.85 bits per heavy atom. The van der Waals surface area contributed by atoms with Crippen LogP contribution in [0.25, 0.3) is 0 Å². The lowest BCUT2D eigenvalue weighted by atomic mass is 9.46. The van der Waals surface area contributed by atoms with Crippen molar-refractivity contribution in [2.75, 3.05) is 0 Å². The summed E-state index contributed by atoms with van der Waals surface area (Å²) in [7, 11) is 0. The van der Waals surface area contributed by atoms with E-state index in [4.69, 9.17) is 0 Å². The van der Waals surface area contributed by atoms with Crippen molar-refractivity contribution in [3.8, 4) is 0 Å². The Labute approximate surface area is 125 Å². The Morgan fingerprint density at radius 1 is 1.00 bits per heavy atom. The molecule has 0 unspecified atom stereocenters. The van der Waals surface area contributed by atoms with Gasteiger partial charge in [-0.05, 0) is 85.9 Å². The molecule has 4 aliphatic carbocycles. The Balaban J connectivity index is 1.72. The van der Waals surface area contributed by atoms with Gasteiger partial charge in [-0.3, -0.25) is 0 Å². The predicted octanol–water partition coefficient (Wildman–Crippen LogP) is 5.98. The third-order valence-electron chi connectivity index (χ3n) is 8.42. The average molecular weight is 272 g/mol. The highest BCUT2D eigenvalue weighted by Gasteiger charge is 2.56. The molecule has 0 saturated heterocycles. The lowest BCUT2D eigenvalue weighted by molar-refractivity contribution is -0.0446. The van der Waals surface area contributed by atoms with Crippen LogP contribution in [-0.2, 0) is 0 Å². The molecular formula is C20H32. The summed E-state index contributed by atoms with van der Waals surface area (Å²) in [6.07, 6.45) is 16.1. The third-order valence-corrected chi connectivity index (χ3v) is 8.42. The standard InChI is InChI=1S/C20H32/c1-14-6-4-7-15-9-10-16-17-8-5-12-19(17,2)13-11-18(16)20(14,15)3/h9,14,16-18H,4-8,10-13H2,1-3H3/t14-,16+,17+,18+,19+,20+/m1/s1. The Bertz CT molecular complexity index is 433. The summed E-state index contributed by atoms with van der Waals surface area (Å²) in [5, 5.41) is 0. The number of allylic oxidation sites excluding steroid dienone is 2. The van der Waals surface area contributed by atoms with Crippen molar-refractivity contribution >= 4 is 0 Å². The van der Waals surface area contributed by atoms with E-state index in [-0.39, 0.29) is 0 Å². The molecule has 0 aliphatic heterocycles. The van der Waals surface area contributed by atoms with Crippen LogP contribution in [0.3, 0.4) is 0 Å². The van der Waals surface area contributed by atoms with Crippen LogP contribution in [0.2, 0.25) is 0 Å². The Kier molecular flexibility index (Phi) is 2.93. The SMILES string of the molecule is C[C@@H]1CCCC2=CC[C@H]3[C@@H]4CCC[C@@]4(C)CC[C@@H]3[C@]21C. The van der Waals surface area contributed by atoms with Crippen LogP contribution in [0.1, 0.15) is 78.6 Å². The van der Waals surface area contributed by atoms with E-state index >= 15 is 0 Å². The smallest absolute Gasteiger partial charge is 0.00597 e. The third kappa shape index (κ3) is 1.60. The molecule has 20 heavy (non-hydrogen) atoms. The second kappa shape index (κ2) is 4.37. The first-order chi connectivity index (χ1) is 9.56. The summed E-state index contributed by atoms with van der Waals surface area (Å²) in [6, 6.07) is 0. The molecule has 3 saturated carbocycles. The summed E-state index contributed by atoms with van der Waals surface area (Å²) in [5.41, 5.74) is 3.13. The van der Waals surface area contributed by atoms with E-state index in [1.807, 2.05) is 5.57 Å². The fourth-order valence-electron chi connectivity index (χ4n) is 7.04. The van der Waals surface area contributed by atoms with Crippen LogP contribution in [0.15, 0.2) is 11.6 Å². The molecule has 0 bridgehead atoms. The summed E-state index contributed by atoms with van der Waals surface area (Å²) in [6.45, 7) is 7.82. The largest absolute Gasteiger partial charge is 0.0845 e. The summed E-state index contributed by atoms with van der Waals surface area (Å²) >= 11 is 0. The van der Waals surface area contributed by atoms with E-state index in [0.29, 0.717) is 10.8 Å². The maximum atomic E-state index is 2.71. The van der Waals surface area contributed by atoms with Gasteiger partial charge in [0.25, 0.3) is 0 Å². The van der Waals surface area contributed by atoms with Crippen molar-refractivity contribution in [3.63, 3.8) is 0 Å². The van der Waals surface area contributed by atoms with Crippen molar-refractivity contribution < 1.29 is 0 Å². The molecule has 4 aliphatic rings. The molecule has 4 rings (SSSR count). The minimum absolute atomic E-state index is 0.561. The van der Waals surface area contributed by atoms with Gasteiger partial charge in [0.05, 0.1) is 0 Å². The van der Waals surface area contributed by atoms with Gasteiger partial charge in [-0.25, -0.2) is 0 Å². The molecule has 0 aromatic carbocycles. The van der Waals surface area contributed by atoms with E-state index in [0.717, 1.165) is 23.7 Å². The van der Waals surface area contributed by atoms with Crippen molar-refractivity contribution in [1.29, 1.82) is 0 Å². The van der Waals surface area contributed by atoms with Crippen LogP contribution in [0.4, 0.5) is 0 Å². The van der Waals surface area contributed by atoms with Gasteiger partial charge in [0.2, 0.25) is 0 Å². The highest BCUT2D eigenvalue weighted by Crippen LogP contribution is 2.65. The summed E-state index contributed by atoms with van der Waals surface area (Å²) < 4.78 is 0. The Hall–Kier alpha value is -0.260. The molecule has 0 spiro atoms. The molecule has 0 nitrogen and oxygen atoms in total. The fraction of sp³-hybridized carbons (Fsp3) is 0.900. The lowest BCUT2D eigenvalue weighted by Crippen LogP contribution is -2.50. The predicted molar refractivity (Wildman–Crippen MR) is 85.5 cm³/mol. The van der Waals surface area contributed by atoms with Crippen molar-refractivity contribution in [1.82, 2.24) is 0 Å². The molecule has 0 radical (unpaired) electrons. The maximum absolute atomic E-state index is 2.71. The fourth-order valence-corrected chi connectivity index (χ4v) is 7.04. The Morgan fingerprint density at radius 3 is 2.70 bits per heavy atom. The van der Waals surface area contributed by atoms with Crippen molar-refractivity contribution in [2.45, 2.75) is 78.6 Å².